The van der Waals surface area contributed by atoms with Crippen LogP contribution in [0.1, 0.15) is 20.3 Å². The zero-order valence-electron chi connectivity index (χ0n) is 14.1. The number of benzene rings is 1. The van der Waals surface area contributed by atoms with E-state index in [0.717, 1.165) is 0 Å². The number of halogens is 6. The molecule has 2 atom stereocenters. The van der Waals surface area contributed by atoms with Gasteiger partial charge in [0, 0.05) is 18.6 Å². The van der Waals surface area contributed by atoms with E-state index in [1.54, 1.807) is 18.2 Å². The van der Waals surface area contributed by atoms with Crippen LogP contribution >= 0.6 is 69.6 Å². The smallest absolute Gasteiger partial charge is 0.157 e. The van der Waals surface area contributed by atoms with Crippen molar-refractivity contribution in [1.82, 2.24) is 0 Å². The Hall–Kier alpha value is -0.000000000000000111. The van der Waals surface area contributed by atoms with Gasteiger partial charge in [0.1, 0.15) is 21.3 Å². The fourth-order valence-corrected chi connectivity index (χ4v) is 2.80. The van der Waals surface area contributed by atoms with Gasteiger partial charge in [-0.15, -0.1) is 0 Å². The van der Waals surface area contributed by atoms with Gasteiger partial charge in [-0.3, -0.25) is 0 Å². The summed E-state index contributed by atoms with van der Waals surface area (Å²) in [7, 11) is 0. The maximum atomic E-state index is 6.25. The lowest BCUT2D eigenvalue weighted by molar-refractivity contribution is 0.0511. The molecule has 1 aromatic rings. The Morgan fingerprint density at radius 2 is 1.46 bits per heavy atom. The van der Waals surface area contributed by atoms with Gasteiger partial charge in [0.05, 0.1) is 28.9 Å². The number of ether oxygens (including phenoxy) is 3. The summed E-state index contributed by atoms with van der Waals surface area (Å²) < 4.78 is 17.2. The van der Waals surface area contributed by atoms with Crippen molar-refractivity contribution in [2.24, 2.45) is 0 Å². The molecule has 0 spiro atoms. The molecule has 9 heteroatoms. The molecule has 0 heterocycles. The highest BCUT2D eigenvalue weighted by molar-refractivity contribution is 6.56. The molecular weight excluding hydrogens is 465 g/mol. The fourth-order valence-electron chi connectivity index (χ4n) is 1.99. The molecule has 0 aromatic heterocycles. The Labute approximate surface area is 183 Å². The molecule has 2 unspecified atom stereocenters. The van der Waals surface area contributed by atoms with Crippen LogP contribution in [0.15, 0.2) is 33.3 Å². The molecule has 0 aliphatic rings. The predicted molar refractivity (Wildman–Crippen MR) is 112 cm³/mol. The average Bonchev–Trinajstić information content (AvgIpc) is 2.50. The van der Waals surface area contributed by atoms with Crippen LogP contribution in [0.25, 0.3) is 0 Å². The first-order valence-corrected chi connectivity index (χ1v) is 9.88. The first-order valence-electron chi connectivity index (χ1n) is 7.61. The lowest BCUT2D eigenvalue weighted by atomic mass is 10.2. The minimum absolute atomic E-state index is 0.0684. The van der Waals surface area contributed by atoms with E-state index < -0.39 is 0 Å². The zero-order chi connectivity index (χ0) is 19.7. The van der Waals surface area contributed by atoms with Crippen LogP contribution in [0.5, 0.6) is 11.5 Å². The minimum atomic E-state index is -0.180. The third-order valence-electron chi connectivity index (χ3n) is 3.06. The van der Waals surface area contributed by atoms with Gasteiger partial charge < -0.3 is 14.2 Å². The fraction of sp³-hybridized carbons (Fsp3) is 0.412. The second kappa shape index (κ2) is 12.5. The molecule has 0 N–H and O–H groups in total. The first kappa shape index (κ1) is 24.0. The maximum Gasteiger partial charge on any atom is 0.157 e. The molecule has 0 fully saturated rings. The lowest BCUT2D eigenvalue weighted by Gasteiger charge is -2.20. The normalized spacial score (nSPS) is 12.9. The van der Waals surface area contributed by atoms with Crippen molar-refractivity contribution in [1.29, 1.82) is 0 Å². The lowest BCUT2D eigenvalue weighted by Crippen LogP contribution is -2.21. The molecule has 0 aliphatic heterocycles. The van der Waals surface area contributed by atoms with E-state index in [1.165, 1.54) is 6.08 Å². The van der Waals surface area contributed by atoms with E-state index in [1.807, 2.05) is 13.8 Å². The van der Waals surface area contributed by atoms with Gasteiger partial charge in [0.15, 0.2) is 5.75 Å². The van der Waals surface area contributed by atoms with Crippen LogP contribution in [0.3, 0.4) is 0 Å². The summed E-state index contributed by atoms with van der Waals surface area (Å²) in [6.07, 6.45) is 3.45. The molecule has 0 radical (unpaired) electrons. The Morgan fingerprint density at radius 1 is 0.923 bits per heavy atom. The molecular formula is C17H18Cl6O3. The molecule has 146 valence electrons. The number of rotatable bonds is 10. The van der Waals surface area contributed by atoms with E-state index in [0.29, 0.717) is 34.6 Å². The van der Waals surface area contributed by atoms with Gasteiger partial charge in [0.2, 0.25) is 0 Å². The Morgan fingerprint density at radius 3 is 2.00 bits per heavy atom. The average molecular weight is 483 g/mol. The van der Waals surface area contributed by atoms with Gasteiger partial charge >= 0.3 is 0 Å². The third-order valence-corrected chi connectivity index (χ3v) is 4.24. The minimum Gasteiger partial charge on any atom is -0.489 e. The number of hydrogen-bond donors (Lipinski definition) is 0. The van der Waals surface area contributed by atoms with E-state index in [-0.39, 0.29) is 27.8 Å². The van der Waals surface area contributed by atoms with E-state index >= 15 is 0 Å². The molecule has 0 bridgehead atoms. The van der Waals surface area contributed by atoms with Crippen LogP contribution < -0.4 is 9.47 Å². The van der Waals surface area contributed by atoms with Crippen LogP contribution in [0.4, 0.5) is 0 Å². The summed E-state index contributed by atoms with van der Waals surface area (Å²) in [5.41, 5.74) is 0. The van der Waals surface area contributed by atoms with Crippen molar-refractivity contribution in [3.63, 3.8) is 0 Å². The Bertz CT molecular complexity index is 616. The summed E-state index contributed by atoms with van der Waals surface area (Å²) in [6.45, 7) is 4.34. The quantitative estimate of drug-likeness (QED) is 0.344. The molecule has 26 heavy (non-hydrogen) atoms. The monoisotopic (exact) mass is 480 g/mol. The van der Waals surface area contributed by atoms with Crippen molar-refractivity contribution >= 4 is 69.6 Å². The van der Waals surface area contributed by atoms with Crippen molar-refractivity contribution < 1.29 is 14.2 Å². The summed E-state index contributed by atoms with van der Waals surface area (Å²) in [5, 5.41) is 0.677. The van der Waals surface area contributed by atoms with Crippen molar-refractivity contribution in [2.45, 2.75) is 32.5 Å². The second-order valence-corrected chi connectivity index (χ2v) is 8.15. The van der Waals surface area contributed by atoms with Crippen molar-refractivity contribution in [3.8, 4) is 11.5 Å². The van der Waals surface area contributed by atoms with Gasteiger partial charge in [-0.05, 0) is 26.0 Å². The Kier molecular flexibility index (Phi) is 11.5. The van der Waals surface area contributed by atoms with Gasteiger partial charge in [-0.25, -0.2) is 0 Å². The highest BCUT2D eigenvalue weighted by Gasteiger charge is 2.16. The van der Waals surface area contributed by atoms with E-state index in [9.17, 15) is 0 Å². The van der Waals surface area contributed by atoms with E-state index in [2.05, 4.69) is 0 Å². The van der Waals surface area contributed by atoms with E-state index in [4.69, 9.17) is 83.8 Å². The summed E-state index contributed by atoms with van der Waals surface area (Å²) >= 11 is 34.6. The third kappa shape index (κ3) is 9.80. The molecule has 0 amide bonds. The largest absolute Gasteiger partial charge is 0.489 e. The van der Waals surface area contributed by atoms with Crippen LogP contribution in [0, 0.1) is 0 Å². The Balaban J connectivity index is 2.63. The summed E-state index contributed by atoms with van der Waals surface area (Å²) in [6, 6.07) is 3.22. The maximum absolute atomic E-state index is 6.25. The molecule has 0 aliphatic carbocycles. The van der Waals surface area contributed by atoms with Gasteiger partial charge in [0.25, 0.3) is 0 Å². The van der Waals surface area contributed by atoms with Crippen molar-refractivity contribution in [2.75, 3.05) is 13.2 Å². The summed E-state index contributed by atoms with van der Waals surface area (Å²) in [5.74, 6) is 0.863. The molecule has 1 aromatic carbocycles. The zero-order valence-corrected chi connectivity index (χ0v) is 18.6. The molecule has 3 nitrogen and oxygen atoms in total. The predicted octanol–water partition coefficient (Wildman–Crippen LogP) is 7.57. The first-order chi connectivity index (χ1) is 12.2. The highest BCUT2D eigenvalue weighted by atomic mass is 35.5. The SMILES string of the molecule is CC(CC(C)Oc1c(Cl)cc(OCC=C(Cl)Cl)cc1Cl)OCC=C(Cl)Cl. The van der Waals surface area contributed by atoms with Crippen molar-refractivity contribution in [3.05, 3.63) is 43.3 Å². The van der Waals surface area contributed by atoms with Crippen LogP contribution in [0.2, 0.25) is 10.0 Å². The van der Waals surface area contributed by atoms with Gasteiger partial charge in [-0.1, -0.05) is 69.6 Å². The molecule has 0 saturated carbocycles. The summed E-state index contributed by atoms with van der Waals surface area (Å²) in [4.78, 5) is 0. The van der Waals surface area contributed by atoms with Crippen LogP contribution in [-0.2, 0) is 4.74 Å². The highest BCUT2D eigenvalue weighted by Crippen LogP contribution is 2.38. The molecule has 1 rings (SSSR count). The number of hydrogen-bond acceptors (Lipinski definition) is 3. The molecule has 0 saturated heterocycles. The van der Waals surface area contributed by atoms with Gasteiger partial charge in [-0.2, -0.15) is 0 Å². The second-order valence-electron chi connectivity index (χ2n) is 5.32. The van der Waals surface area contributed by atoms with Crippen LogP contribution in [-0.4, -0.2) is 25.4 Å². The standard InChI is InChI=1S/C17H18Cl6O3/c1-10(24-5-3-15(20)21)7-11(2)26-17-13(18)8-12(9-14(17)19)25-6-4-16(22)23/h3-4,8-11H,5-7H2,1-2H3. The topological polar surface area (TPSA) is 27.7 Å².